The summed E-state index contributed by atoms with van der Waals surface area (Å²) in [5.41, 5.74) is 6.89. The zero-order valence-corrected chi connectivity index (χ0v) is 19.9. The number of H-pyrrole nitrogens is 1. The lowest BCUT2D eigenvalue weighted by Crippen LogP contribution is -2.57. The maximum Gasteiger partial charge on any atom is 0.326 e. The average Bonchev–Trinajstić information content (AvgIpc) is 3.21. The number of amides is 3. The fourth-order valence-electron chi connectivity index (χ4n) is 3.22. The van der Waals surface area contributed by atoms with Crippen LogP contribution in [0.2, 0.25) is 0 Å². The molecule has 2 aromatic rings. The van der Waals surface area contributed by atoms with Crippen LogP contribution in [-0.4, -0.2) is 76.2 Å². The van der Waals surface area contributed by atoms with Crippen molar-refractivity contribution in [1.82, 2.24) is 20.9 Å². The van der Waals surface area contributed by atoms with Crippen LogP contribution in [0.4, 0.5) is 0 Å². The molecule has 33 heavy (non-hydrogen) atoms. The molecule has 0 bridgehead atoms. The molecule has 0 aliphatic heterocycles. The van der Waals surface area contributed by atoms with Gasteiger partial charge in [0, 0.05) is 29.3 Å². The largest absolute Gasteiger partial charge is 0.480 e. The van der Waals surface area contributed by atoms with Crippen molar-refractivity contribution in [3.8, 4) is 0 Å². The highest BCUT2D eigenvalue weighted by Crippen LogP contribution is 2.19. The van der Waals surface area contributed by atoms with Crippen molar-refractivity contribution >= 4 is 59.0 Å². The van der Waals surface area contributed by atoms with Gasteiger partial charge in [-0.15, -0.1) is 0 Å². The molecule has 1 aromatic carbocycles. The molecule has 0 fully saturated rings. The monoisotopic (exact) mass is 495 g/mol. The van der Waals surface area contributed by atoms with Crippen LogP contribution in [0.1, 0.15) is 12.0 Å². The first-order valence-corrected chi connectivity index (χ1v) is 12.3. The van der Waals surface area contributed by atoms with Crippen LogP contribution in [0.15, 0.2) is 30.5 Å². The maximum absolute atomic E-state index is 12.9. The minimum atomic E-state index is -1.19. The van der Waals surface area contributed by atoms with E-state index in [1.54, 1.807) is 6.20 Å². The molecule has 3 unspecified atom stereocenters. The van der Waals surface area contributed by atoms with E-state index in [1.807, 2.05) is 30.5 Å². The molecule has 1 aromatic heterocycles. The molecular formula is C21H29N5O5S2. The number of thiol groups is 1. The predicted molar refractivity (Wildman–Crippen MR) is 131 cm³/mol. The van der Waals surface area contributed by atoms with Crippen molar-refractivity contribution in [2.45, 2.75) is 31.0 Å². The Morgan fingerprint density at radius 2 is 1.76 bits per heavy atom. The van der Waals surface area contributed by atoms with Crippen molar-refractivity contribution in [3.63, 3.8) is 0 Å². The summed E-state index contributed by atoms with van der Waals surface area (Å²) in [6.07, 6.45) is 3.92. The molecule has 1 heterocycles. The summed E-state index contributed by atoms with van der Waals surface area (Å²) in [4.78, 5) is 52.1. The number of carbonyl (C=O) groups excluding carboxylic acids is 3. The molecule has 0 spiro atoms. The summed E-state index contributed by atoms with van der Waals surface area (Å²) in [6, 6.07) is 4.32. The Balaban J connectivity index is 2.12. The number of benzene rings is 1. The Morgan fingerprint density at radius 1 is 1.09 bits per heavy atom. The van der Waals surface area contributed by atoms with Gasteiger partial charge >= 0.3 is 5.97 Å². The molecule has 3 atom stereocenters. The zero-order chi connectivity index (χ0) is 24.4. The molecular weight excluding hydrogens is 466 g/mol. The second-order valence-electron chi connectivity index (χ2n) is 7.31. The lowest BCUT2D eigenvalue weighted by atomic mass is 10.0. The van der Waals surface area contributed by atoms with Gasteiger partial charge in [0.15, 0.2) is 0 Å². The van der Waals surface area contributed by atoms with E-state index in [1.165, 1.54) is 11.8 Å². The van der Waals surface area contributed by atoms with E-state index in [0.717, 1.165) is 16.5 Å². The number of carboxylic acid groups (broad SMARTS) is 1. The molecule has 10 nitrogen and oxygen atoms in total. The van der Waals surface area contributed by atoms with Crippen LogP contribution in [0, 0.1) is 0 Å². The first-order chi connectivity index (χ1) is 15.8. The molecule has 180 valence electrons. The molecule has 7 N–H and O–H groups in total. The van der Waals surface area contributed by atoms with Crippen LogP contribution in [0.3, 0.4) is 0 Å². The minimum absolute atomic E-state index is 0.00670. The summed E-state index contributed by atoms with van der Waals surface area (Å²) >= 11 is 5.55. The first kappa shape index (κ1) is 26.6. The number of hydrogen-bond donors (Lipinski definition) is 7. The normalized spacial score (nSPS) is 13.7. The van der Waals surface area contributed by atoms with Crippen molar-refractivity contribution in [2.75, 3.05) is 24.3 Å². The van der Waals surface area contributed by atoms with E-state index in [2.05, 4.69) is 33.6 Å². The van der Waals surface area contributed by atoms with Gasteiger partial charge in [0.05, 0.1) is 6.54 Å². The van der Waals surface area contributed by atoms with Gasteiger partial charge in [0.2, 0.25) is 17.7 Å². The second kappa shape index (κ2) is 13.1. The van der Waals surface area contributed by atoms with Gasteiger partial charge in [-0.25, -0.2) is 4.79 Å². The summed E-state index contributed by atoms with van der Waals surface area (Å²) in [7, 11) is 0. The van der Waals surface area contributed by atoms with Gasteiger partial charge in [0.1, 0.15) is 18.1 Å². The van der Waals surface area contributed by atoms with E-state index in [-0.39, 0.29) is 25.1 Å². The van der Waals surface area contributed by atoms with Crippen LogP contribution in [-0.2, 0) is 25.6 Å². The van der Waals surface area contributed by atoms with E-state index in [0.29, 0.717) is 5.75 Å². The highest BCUT2D eigenvalue weighted by molar-refractivity contribution is 7.98. The third-order valence-electron chi connectivity index (χ3n) is 4.98. The fourth-order valence-corrected chi connectivity index (χ4v) is 3.95. The Bertz CT molecular complexity index is 983. The van der Waals surface area contributed by atoms with Crippen molar-refractivity contribution in [3.05, 3.63) is 36.0 Å². The molecule has 12 heteroatoms. The number of carboxylic acids is 1. The molecule has 0 aliphatic carbocycles. The van der Waals surface area contributed by atoms with Gasteiger partial charge in [-0.1, -0.05) is 18.2 Å². The van der Waals surface area contributed by atoms with Gasteiger partial charge in [0.25, 0.3) is 0 Å². The number of nitrogens with two attached hydrogens (primary N) is 1. The lowest BCUT2D eigenvalue weighted by Gasteiger charge is -2.23. The molecule has 2 rings (SSSR count). The topological polar surface area (TPSA) is 166 Å². The van der Waals surface area contributed by atoms with Crippen LogP contribution < -0.4 is 21.7 Å². The van der Waals surface area contributed by atoms with Gasteiger partial charge < -0.3 is 31.8 Å². The first-order valence-electron chi connectivity index (χ1n) is 10.3. The summed E-state index contributed by atoms with van der Waals surface area (Å²) in [6.45, 7) is -0.290. The number of hydrogen-bond acceptors (Lipinski definition) is 7. The van der Waals surface area contributed by atoms with Crippen LogP contribution >= 0.6 is 24.4 Å². The van der Waals surface area contributed by atoms with Gasteiger partial charge in [-0.05, 0) is 30.1 Å². The number of aliphatic carboxylic acids is 1. The Hall–Kier alpha value is -2.70. The molecule has 0 radical (unpaired) electrons. The van der Waals surface area contributed by atoms with Crippen LogP contribution in [0.25, 0.3) is 10.9 Å². The van der Waals surface area contributed by atoms with E-state index >= 15 is 0 Å². The smallest absolute Gasteiger partial charge is 0.326 e. The number of thioether (sulfide) groups is 1. The Kier molecular flexibility index (Phi) is 10.6. The molecule has 0 aliphatic rings. The number of aromatic amines is 1. The Morgan fingerprint density at radius 3 is 2.39 bits per heavy atom. The maximum atomic E-state index is 12.9. The van der Waals surface area contributed by atoms with E-state index < -0.39 is 41.8 Å². The SMILES string of the molecule is CSCCC(NC(=O)C(CS)NC(=O)CN)C(=O)NC(Cc1c[nH]c2ccccc12)C(=O)O. The molecule has 0 saturated carbocycles. The number of rotatable bonds is 13. The number of carbonyl (C=O) groups is 4. The van der Waals surface area contributed by atoms with E-state index in [4.69, 9.17) is 5.73 Å². The second-order valence-corrected chi connectivity index (χ2v) is 8.66. The van der Waals surface area contributed by atoms with Crippen LogP contribution in [0.5, 0.6) is 0 Å². The molecule has 3 amide bonds. The number of aromatic nitrogens is 1. The number of fused-ring (bicyclic) bond motifs is 1. The standard InChI is InChI=1S/C21H29N5O5S2/c1-33-7-6-15(25-20(29)17(11-32)24-18(27)9-22)19(28)26-16(21(30)31)8-12-10-23-14-5-3-2-4-13(12)14/h2-5,10,15-17,23,32H,6-9,11,22H2,1H3,(H,24,27)(H,25,29)(H,26,28)(H,30,31). The average molecular weight is 496 g/mol. The summed E-state index contributed by atoms with van der Waals surface area (Å²) in [5.74, 6) is -2.37. The third-order valence-corrected chi connectivity index (χ3v) is 5.99. The van der Waals surface area contributed by atoms with Crippen molar-refractivity contribution in [2.24, 2.45) is 5.73 Å². The van der Waals surface area contributed by atoms with Gasteiger partial charge in [-0.2, -0.15) is 24.4 Å². The highest BCUT2D eigenvalue weighted by Gasteiger charge is 2.29. The fraction of sp³-hybridized carbons (Fsp3) is 0.429. The quantitative estimate of drug-likeness (QED) is 0.190. The summed E-state index contributed by atoms with van der Waals surface area (Å²) < 4.78 is 0. The zero-order valence-electron chi connectivity index (χ0n) is 18.2. The third kappa shape index (κ3) is 7.69. The van der Waals surface area contributed by atoms with Crippen molar-refractivity contribution in [1.29, 1.82) is 0 Å². The molecule has 0 saturated heterocycles. The van der Waals surface area contributed by atoms with Crippen molar-refractivity contribution < 1.29 is 24.3 Å². The minimum Gasteiger partial charge on any atom is -0.480 e. The Labute approximate surface area is 201 Å². The number of nitrogens with one attached hydrogen (secondary N) is 4. The lowest BCUT2D eigenvalue weighted by molar-refractivity contribution is -0.142. The van der Waals surface area contributed by atoms with E-state index in [9.17, 15) is 24.3 Å². The van der Waals surface area contributed by atoms with Gasteiger partial charge in [-0.3, -0.25) is 14.4 Å². The summed E-state index contributed by atoms with van der Waals surface area (Å²) in [5, 5.41) is 18.1. The number of para-hydroxylation sites is 1. The predicted octanol–water partition coefficient (Wildman–Crippen LogP) is -0.109. The highest BCUT2D eigenvalue weighted by atomic mass is 32.2.